The van der Waals surface area contributed by atoms with Crippen LogP contribution in [0, 0.1) is 5.92 Å². The summed E-state index contributed by atoms with van der Waals surface area (Å²) in [5.74, 6) is -1.26. The van der Waals surface area contributed by atoms with E-state index in [1.165, 1.54) is 0 Å². The second-order valence-electron chi connectivity index (χ2n) is 3.60. The Morgan fingerprint density at radius 3 is 2.86 bits per heavy atom. The number of carboxylic acid groups (broad SMARTS) is 1. The van der Waals surface area contributed by atoms with Crippen molar-refractivity contribution in [2.45, 2.75) is 25.8 Å². The van der Waals surface area contributed by atoms with Gasteiger partial charge in [-0.05, 0) is 26.3 Å². The molecule has 0 aromatic rings. The summed E-state index contributed by atoms with van der Waals surface area (Å²) in [6.45, 7) is 2.59. The van der Waals surface area contributed by atoms with Gasteiger partial charge in [0.1, 0.15) is 6.54 Å². The van der Waals surface area contributed by atoms with Gasteiger partial charge in [0.15, 0.2) is 0 Å². The number of nitrogens with one attached hydrogen (secondary N) is 2. The van der Waals surface area contributed by atoms with Crippen LogP contribution < -0.4 is 10.6 Å². The van der Waals surface area contributed by atoms with Gasteiger partial charge in [0.2, 0.25) is 5.91 Å². The molecule has 3 N–H and O–H groups in total. The highest BCUT2D eigenvalue weighted by molar-refractivity contribution is 5.83. The Balaban J connectivity index is 2.38. The third kappa shape index (κ3) is 2.99. The topological polar surface area (TPSA) is 78.4 Å². The standard InChI is InChI=1S/C9H16N2O3/c1-6-7(3-2-4-10-6)9(14)11-5-8(12)13/h6-7,10H,2-5H2,1H3,(H,11,14)(H,12,13). The summed E-state index contributed by atoms with van der Waals surface area (Å²) >= 11 is 0. The molecule has 0 bridgehead atoms. The van der Waals surface area contributed by atoms with E-state index < -0.39 is 5.97 Å². The maximum Gasteiger partial charge on any atom is 0.322 e. The fourth-order valence-corrected chi connectivity index (χ4v) is 1.70. The minimum absolute atomic E-state index is 0.0944. The van der Waals surface area contributed by atoms with Crippen LogP contribution in [-0.4, -0.2) is 36.1 Å². The van der Waals surface area contributed by atoms with Gasteiger partial charge in [-0.25, -0.2) is 0 Å². The maximum absolute atomic E-state index is 11.5. The van der Waals surface area contributed by atoms with Crippen LogP contribution in [0.5, 0.6) is 0 Å². The molecule has 2 atom stereocenters. The number of hydrogen-bond donors (Lipinski definition) is 3. The van der Waals surface area contributed by atoms with Crippen molar-refractivity contribution in [2.24, 2.45) is 5.92 Å². The fourth-order valence-electron chi connectivity index (χ4n) is 1.70. The molecule has 14 heavy (non-hydrogen) atoms. The van der Waals surface area contributed by atoms with E-state index in [-0.39, 0.29) is 24.4 Å². The Labute approximate surface area is 82.9 Å². The summed E-state index contributed by atoms with van der Waals surface area (Å²) < 4.78 is 0. The van der Waals surface area contributed by atoms with Crippen molar-refractivity contribution in [2.75, 3.05) is 13.1 Å². The van der Waals surface area contributed by atoms with Crippen molar-refractivity contribution in [3.8, 4) is 0 Å². The van der Waals surface area contributed by atoms with Gasteiger partial charge < -0.3 is 15.7 Å². The average molecular weight is 200 g/mol. The molecule has 1 saturated heterocycles. The molecule has 80 valence electrons. The van der Waals surface area contributed by atoms with Crippen molar-refractivity contribution in [1.82, 2.24) is 10.6 Å². The molecule has 5 nitrogen and oxygen atoms in total. The summed E-state index contributed by atoms with van der Waals surface area (Å²) in [5.41, 5.74) is 0. The van der Waals surface area contributed by atoms with Crippen LogP contribution in [0.3, 0.4) is 0 Å². The molecule has 0 radical (unpaired) electrons. The van der Waals surface area contributed by atoms with E-state index in [4.69, 9.17) is 5.11 Å². The van der Waals surface area contributed by atoms with Gasteiger partial charge in [0.05, 0.1) is 5.92 Å². The summed E-state index contributed by atoms with van der Waals surface area (Å²) in [6, 6.07) is 0.137. The molecule has 2 unspecified atom stereocenters. The van der Waals surface area contributed by atoms with Gasteiger partial charge in [-0.2, -0.15) is 0 Å². The Hall–Kier alpha value is -1.10. The van der Waals surface area contributed by atoms with Crippen LogP contribution in [0.15, 0.2) is 0 Å². The molecule has 0 spiro atoms. The van der Waals surface area contributed by atoms with Crippen LogP contribution in [0.1, 0.15) is 19.8 Å². The first kappa shape index (κ1) is 11.0. The average Bonchev–Trinajstić information content (AvgIpc) is 2.15. The van der Waals surface area contributed by atoms with Gasteiger partial charge >= 0.3 is 5.97 Å². The number of carboxylic acids is 1. The van der Waals surface area contributed by atoms with Crippen LogP contribution in [0.25, 0.3) is 0 Å². The molecule has 1 heterocycles. The maximum atomic E-state index is 11.5. The number of carbonyl (C=O) groups is 2. The van der Waals surface area contributed by atoms with Crippen LogP contribution in [0.4, 0.5) is 0 Å². The zero-order valence-corrected chi connectivity index (χ0v) is 8.25. The Morgan fingerprint density at radius 1 is 1.57 bits per heavy atom. The Bertz CT molecular complexity index is 230. The van der Waals surface area contributed by atoms with Crippen molar-refractivity contribution in [3.63, 3.8) is 0 Å². The van der Waals surface area contributed by atoms with Crippen molar-refractivity contribution >= 4 is 11.9 Å². The van der Waals surface area contributed by atoms with E-state index in [9.17, 15) is 9.59 Å². The number of piperidine rings is 1. The molecular formula is C9H16N2O3. The van der Waals surface area contributed by atoms with Gasteiger partial charge in [-0.1, -0.05) is 0 Å². The lowest BCUT2D eigenvalue weighted by Gasteiger charge is -2.28. The number of rotatable bonds is 3. The molecule has 0 saturated carbocycles. The van der Waals surface area contributed by atoms with E-state index in [0.717, 1.165) is 19.4 Å². The Kier molecular flexibility index (Phi) is 3.88. The number of carbonyl (C=O) groups excluding carboxylic acids is 1. The zero-order valence-electron chi connectivity index (χ0n) is 8.25. The number of hydrogen-bond acceptors (Lipinski definition) is 3. The summed E-state index contributed by atoms with van der Waals surface area (Å²) in [4.78, 5) is 21.7. The van der Waals surface area contributed by atoms with E-state index in [1.54, 1.807) is 0 Å². The van der Waals surface area contributed by atoms with Crippen molar-refractivity contribution in [3.05, 3.63) is 0 Å². The van der Waals surface area contributed by atoms with E-state index >= 15 is 0 Å². The second kappa shape index (κ2) is 4.95. The monoisotopic (exact) mass is 200 g/mol. The summed E-state index contributed by atoms with van der Waals surface area (Å²) in [6.07, 6.45) is 1.80. The smallest absolute Gasteiger partial charge is 0.322 e. The van der Waals surface area contributed by atoms with Crippen LogP contribution in [-0.2, 0) is 9.59 Å². The second-order valence-corrected chi connectivity index (χ2v) is 3.60. The summed E-state index contributed by atoms with van der Waals surface area (Å²) in [7, 11) is 0. The van der Waals surface area contributed by atoms with Crippen LogP contribution in [0.2, 0.25) is 0 Å². The molecule has 1 amide bonds. The lowest BCUT2D eigenvalue weighted by molar-refractivity contribution is -0.138. The highest BCUT2D eigenvalue weighted by Crippen LogP contribution is 2.15. The van der Waals surface area contributed by atoms with Gasteiger partial charge in [-0.15, -0.1) is 0 Å². The minimum Gasteiger partial charge on any atom is -0.480 e. The third-order valence-corrected chi connectivity index (χ3v) is 2.51. The largest absolute Gasteiger partial charge is 0.480 e. The zero-order chi connectivity index (χ0) is 10.6. The first-order chi connectivity index (χ1) is 6.61. The van der Waals surface area contributed by atoms with Gasteiger partial charge in [-0.3, -0.25) is 9.59 Å². The number of aliphatic carboxylic acids is 1. The quantitative estimate of drug-likeness (QED) is 0.578. The first-order valence-corrected chi connectivity index (χ1v) is 4.84. The van der Waals surface area contributed by atoms with Crippen LogP contribution >= 0.6 is 0 Å². The molecule has 1 aliphatic heterocycles. The number of amides is 1. The normalized spacial score (nSPS) is 26.9. The molecule has 1 fully saturated rings. The lowest BCUT2D eigenvalue weighted by atomic mass is 9.91. The van der Waals surface area contributed by atoms with E-state index in [0.29, 0.717) is 0 Å². The molecule has 5 heteroatoms. The van der Waals surface area contributed by atoms with Gasteiger partial charge in [0, 0.05) is 6.04 Å². The molecule has 0 aromatic heterocycles. The molecule has 0 aliphatic carbocycles. The van der Waals surface area contributed by atoms with Crippen molar-refractivity contribution in [1.29, 1.82) is 0 Å². The van der Waals surface area contributed by atoms with Crippen molar-refractivity contribution < 1.29 is 14.7 Å². The van der Waals surface area contributed by atoms with Gasteiger partial charge in [0.25, 0.3) is 0 Å². The molecule has 1 aliphatic rings. The highest BCUT2D eigenvalue weighted by atomic mass is 16.4. The third-order valence-electron chi connectivity index (χ3n) is 2.51. The first-order valence-electron chi connectivity index (χ1n) is 4.84. The predicted octanol–water partition coefficient (Wildman–Crippen LogP) is -0.425. The highest BCUT2D eigenvalue weighted by Gasteiger charge is 2.27. The SMILES string of the molecule is CC1NCCCC1C(=O)NCC(=O)O. The molecule has 1 rings (SSSR count). The minimum atomic E-state index is -1.00. The predicted molar refractivity (Wildman–Crippen MR) is 50.8 cm³/mol. The fraction of sp³-hybridized carbons (Fsp3) is 0.778. The molecule has 0 aromatic carbocycles. The van der Waals surface area contributed by atoms with E-state index in [1.807, 2.05) is 6.92 Å². The molecular weight excluding hydrogens is 184 g/mol. The summed E-state index contributed by atoms with van der Waals surface area (Å²) in [5, 5.41) is 14.0. The lowest BCUT2D eigenvalue weighted by Crippen LogP contribution is -2.47. The van der Waals surface area contributed by atoms with E-state index in [2.05, 4.69) is 10.6 Å². The Morgan fingerprint density at radius 2 is 2.29 bits per heavy atom.